The lowest BCUT2D eigenvalue weighted by molar-refractivity contribution is -0.129. The molecule has 0 amide bonds. The van der Waals surface area contributed by atoms with Crippen LogP contribution >= 0.6 is 0 Å². The Bertz CT molecular complexity index is 294. The molecule has 0 aromatic carbocycles. The van der Waals surface area contributed by atoms with Crippen LogP contribution in [0.4, 0.5) is 13.2 Å². The summed E-state index contributed by atoms with van der Waals surface area (Å²) in [5.41, 5.74) is 0. The van der Waals surface area contributed by atoms with E-state index in [-0.39, 0.29) is 11.6 Å². The smallest absolute Gasteiger partial charge is 0.388 e. The maximum absolute atomic E-state index is 11.9. The van der Waals surface area contributed by atoms with Gasteiger partial charge in [0.15, 0.2) is 5.82 Å². The Labute approximate surface area is 72.0 Å². The van der Waals surface area contributed by atoms with Gasteiger partial charge >= 0.3 is 6.18 Å². The molecule has 0 spiro atoms. The Hall–Kier alpha value is -1.11. The van der Waals surface area contributed by atoms with Gasteiger partial charge in [-0.25, -0.2) is 0 Å². The van der Waals surface area contributed by atoms with E-state index in [0.29, 0.717) is 0 Å². The van der Waals surface area contributed by atoms with Crippen molar-refractivity contribution in [1.82, 2.24) is 14.8 Å². The van der Waals surface area contributed by atoms with Crippen LogP contribution in [0.5, 0.6) is 0 Å². The van der Waals surface area contributed by atoms with Crippen LogP contribution in [-0.2, 0) is 20.1 Å². The third-order valence-electron chi connectivity index (χ3n) is 1.56. The molecule has 1 aromatic heterocycles. The largest absolute Gasteiger partial charge is 0.396 e. The molecule has 7 heteroatoms. The molecule has 1 rings (SSSR count). The summed E-state index contributed by atoms with van der Waals surface area (Å²) in [4.78, 5) is 0. The third-order valence-corrected chi connectivity index (χ3v) is 1.56. The van der Waals surface area contributed by atoms with E-state index in [1.807, 2.05) is 0 Å². The lowest BCUT2D eigenvalue weighted by Gasteiger charge is -2.05. The van der Waals surface area contributed by atoms with Crippen molar-refractivity contribution in [3.63, 3.8) is 0 Å². The van der Waals surface area contributed by atoms with Gasteiger partial charge < -0.3 is 9.67 Å². The Morgan fingerprint density at radius 2 is 1.85 bits per heavy atom. The first kappa shape index (κ1) is 9.97. The fourth-order valence-electron chi connectivity index (χ4n) is 0.869. The molecule has 13 heavy (non-hydrogen) atoms. The van der Waals surface area contributed by atoms with Gasteiger partial charge in [-0.05, 0) is 0 Å². The van der Waals surface area contributed by atoms with E-state index in [4.69, 9.17) is 5.11 Å². The summed E-state index contributed by atoms with van der Waals surface area (Å²) < 4.78 is 36.8. The molecule has 1 heterocycles. The van der Waals surface area contributed by atoms with Crippen molar-refractivity contribution in [2.75, 3.05) is 0 Å². The van der Waals surface area contributed by atoms with Crippen LogP contribution in [0.2, 0.25) is 0 Å². The molecule has 0 saturated heterocycles. The van der Waals surface area contributed by atoms with Crippen molar-refractivity contribution < 1.29 is 18.3 Å². The fourth-order valence-corrected chi connectivity index (χ4v) is 0.869. The van der Waals surface area contributed by atoms with E-state index in [1.165, 1.54) is 7.05 Å². The van der Waals surface area contributed by atoms with Crippen LogP contribution in [0.3, 0.4) is 0 Å². The molecule has 0 unspecified atom stereocenters. The van der Waals surface area contributed by atoms with Crippen LogP contribution in [0.25, 0.3) is 0 Å². The number of hydrogen-bond acceptors (Lipinski definition) is 3. The number of aromatic nitrogens is 3. The molecule has 0 bridgehead atoms. The predicted octanol–water partition coefficient (Wildman–Crippen LogP) is 0.412. The second-order valence-electron chi connectivity index (χ2n) is 2.54. The van der Waals surface area contributed by atoms with Gasteiger partial charge in [0, 0.05) is 7.05 Å². The van der Waals surface area contributed by atoms with Gasteiger partial charge in [-0.1, -0.05) is 0 Å². The lowest BCUT2D eigenvalue weighted by Crippen LogP contribution is -2.15. The number of aliphatic hydroxyl groups excluding tert-OH is 1. The lowest BCUT2D eigenvalue weighted by atomic mass is 10.4. The molecule has 1 aromatic rings. The van der Waals surface area contributed by atoms with Gasteiger partial charge in [0.1, 0.15) is 18.9 Å². The molecule has 74 valence electrons. The van der Waals surface area contributed by atoms with E-state index in [0.717, 1.165) is 4.57 Å². The van der Waals surface area contributed by atoms with Gasteiger partial charge in [0.2, 0.25) is 0 Å². The van der Waals surface area contributed by atoms with E-state index in [2.05, 4.69) is 10.2 Å². The minimum atomic E-state index is -4.30. The van der Waals surface area contributed by atoms with Crippen LogP contribution in [0, 0.1) is 0 Å². The Morgan fingerprint density at radius 1 is 1.31 bits per heavy atom. The highest BCUT2D eigenvalue weighted by Gasteiger charge is 2.30. The summed E-state index contributed by atoms with van der Waals surface area (Å²) in [5.74, 6) is -0.0733. The molecule has 1 N–H and O–H groups in total. The van der Waals surface area contributed by atoms with Gasteiger partial charge in [-0.15, -0.1) is 10.2 Å². The molecule has 0 aliphatic heterocycles. The number of rotatable bonds is 2. The molecular formula is C6H8F3N3O. The highest BCUT2D eigenvalue weighted by molar-refractivity contribution is 4.95. The van der Waals surface area contributed by atoms with E-state index in [1.54, 1.807) is 0 Å². The molecule has 0 aliphatic rings. The minimum absolute atomic E-state index is 0.124. The maximum atomic E-state index is 11.9. The number of aliphatic hydroxyl groups is 1. The standard InChI is InChI=1S/C6H8F3N3O/c1-12-4(2-6(7,8)9)10-11-5(12)3-13/h13H,2-3H2,1H3. The Kier molecular flexibility index (Phi) is 2.55. The zero-order chi connectivity index (χ0) is 10.1. The summed E-state index contributed by atoms with van der Waals surface area (Å²) in [6.45, 7) is -0.415. The van der Waals surface area contributed by atoms with Gasteiger partial charge in [0.05, 0.1) is 0 Å². The number of hydrogen-bond donors (Lipinski definition) is 1. The van der Waals surface area contributed by atoms with Crippen LogP contribution < -0.4 is 0 Å². The molecule has 0 fully saturated rings. The van der Waals surface area contributed by atoms with Crippen molar-refractivity contribution >= 4 is 0 Å². The van der Waals surface area contributed by atoms with E-state index >= 15 is 0 Å². The summed E-state index contributed by atoms with van der Waals surface area (Å²) in [6, 6.07) is 0. The normalized spacial score (nSPS) is 12.1. The predicted molar refractivity (Wildman–Crippen MR) is 36.7 cm³/mol. The van der Waals surface area contributed by atoms with Crippen LogP contribution in [0.15, 0.2) is 0 Å². The van der Waals surface area contributed by atoms with Crippen LogP contribution in [-0.4, -0.2) is 26.0 Å². The number of nitrogens with zero attached hydrogens (tertiary/aromatic N) is 3. The molecule has 0 atom stereocenters. The number of halogens is 3. The zero-order valence-corrected chi connectivity index (χ0v) is 6.84. The first-order chi connectivity index (χ1) is 5.94. The Balaban J connectivity index is 2.84. The fraction of sp³-hybridized carbons (Fsp3) is 0.667. The maximum Gasteiger partial charge on any atom is 0.396 e. The van der Waals surface area contributed by atoms with E-state index < -0.39 is 19.2 Å². The summed E-state index contributed by atoms with van der Waals surface area (Å²) in [7, 11) is 1.38. The second kappa shape index (κ2) is 3.33. The molecule has 4 nitrogen and oxygen atoms in total. The van der Waals surface area contributed by atoms with E-state index in [9.17, 15) is 13.2 Å². The average molecular weight is 195 g/mol. The minimum Gasteiger partial charge on any atom is -0.388 e. The third kappa shape index (κ3) is 2.41. The second-order valence-corrected chi connectivity index (χ2v) is 2.54. The SMILES string of the molecule is Cn1c(CO)nnc1CC(F)(F)F. The van der Waals surface area contributed by atoms with Crippen LogP contribution in [0.1, 0.15) is 11.6 Å². The summed E-state index contributed by atoms with van der Waals surface area (Å²) in [6.07, 6.45) is -5.43. The molecular weight excluding hydrogens is 187 g/mol. The summed E-state index contributed by atoms with van der Waals surface area (Å²) >= 11 is 0. The quantitative estimate of drug-likeness (QED) is 0.743. The number of alkyl halides is 3. The highest BCUT2D eigenvalue weighted by Crippen LogP contribution is 2.19. The molecule has 0 saturated carbocycles. The summed E-state index contributed by atoms with van der Waals surface area (Å²) in [5, 5.41) is 15.3. The van der Waals surface area contributed by atoms with Crippen molar-refractivity contribution in [2.45, 2.75) is 19.2 Å². The van der Waals surface area contributed by atoms with Crippen molar-refractivity contribution in [3.05, 3.63) is 11.6 Å². The van der Waals surface area contributed by atoms with Crippen molar-refractivity contribution in [1.29, 1.82) is 0 Å². The van der Waals surface area contributed by atoms with Gasteiger partial charge in [-0.2, -0.15) is 13.2 Å². The average Bonchev–Trinajstić information content (AvgIpc) is 2.30. The van der Waals surface area contributed by atoms with Gasteiger partial charge in [0.25, 0.3) is 0 Å². The highest BCUT2D eigenvalue weighted by atomic mass is 19.4. The zero-order valence-electron chi connectivity index (χ0n) is 6.84. The first-order valence-electron chi connectivity index (χ1n) is 3.49. The van der Waals surface area contributed by atoms with Gasteiger partial charge in [-0.3, -0.25) is 0 Å². The molecule has 0 radical (unpaired) electrons. The first-order valence-corrected chi connectivity index (χ1v) is 3.49. The topological polar surface area (TPSA) is 50.9 Å². The monoisotopic (exact) mass is 195 g/mol. The molecule has 0 aliphatic carbocycles. The Morgan fingerprint density at radius 3 is 2.23 bits per heavy atom. The van der Waals surface area contributed by atoms with Crippen molar-refractivity contribution in [3.8, 4) is 0 Å². The van der Waals surface area contributed by atoms with Crippen molar-refractivity contribution in [2.24, 2.45) is 7.05 Å².